The second kappa shape index (κ2) is 10.6. The quantitative estimate of drug-likeness (QED) is 0.251. The third-order valence-electron chi connectivity index (χ3n) is 8.17. The van der Waals surface area contributed by atoms with E-state index >= 15 is 0 Å². The summed E-state index contributed by atoms with van der Waals surface area (Å²) in [6, 6.07) is 18.3. The Balaban J connectivity index is 1.09. The summed E-state index contributed by atoms with van der Waals surface area (Å²) in [5.41, 5.74) is 13.7. The summed E-state index contributed by atoms with van der Waals surface area (Å²) in [4.78, 5) is 34.3. The van der Waals surface area contributed by atoms with Crippen molar-refractivity contribution in [2.24, 2.45) is 5.92 Å². The van der Waals surface area contributed by atoms with Crippen molar-refractivity contribution in [2.75, 3.05) is 5.32 Å². The number of benzene rings is 1. The molecule has 200 valence electrons. The van der Waals surface area contributed by atoms with E-state index < -0.39 is 0 Å². The second-order valence-corrected chi connectivity index (χ2v) is 10.7. The van der Waals surface area contributed by atoms with E-state index in [1.165, 1.54) is 0 Å². The molecule has 4 atom stereocenters. The van der Waals surface area contributed by atoms with Gasteiger partial charge >= 0.3 is 0 Å². The van der Waals surface area contributed by atoms with Gasteiger partial charge in [0.15, 0.2) is 5.65 Å². The summed E-state index contributed by atoms with van der Waals surface area (Å²) in [5.74, 6) is 1.55. The number of carbonyl (C=O) groups is 1. The third kappa shape index (κ3) is 4.85. The summed E-state index contributed by atoms with van der Waals surface area (Å²) in [7, 11) is 0. The van der Waals surface area contributed by atoms with E-state index in [1.807, 2.05) is 54.7 Å². The summed E-state index contributed by atoms with van der Waals surface area (Å²) < 4.78 is 0. The van der Waals surface area contributed by atoms with Crippen LogP contribution in [-0.2, 0) is 11.2 Å². The van der Waals surface area contributed by atoms with Gasteiger partial charge in [-0.2, -0.15) is 0 Å². The van der Waals surface area contributed by atoms with E-state index in [9.17, 15) is 4.79 Å². The van der Waals surface area contributed by atoms with Crippen LogP contribution >= 0.6 is 0 Å². The number of fused-ring (bicyclic) bond motifs is 2. The summed E-state index contributed by atoms with van der Waals surface area (Å²) in [6.07, 6.45) is 12.5. The average molecular weight is 531 g/mol. The van der Waals surface area contributed by atoms with Gasteiger partial charge < -0.3 is 10.3 Å². The Bertz CT molecular complexity index is 1640. The van der Waals surface area contributed by atoms with Crippen molar-refractivity contribution < 1.29 is 4.79 Å². The largest absolute Gasteiger partial charge is 0.339 e. The molecule has 1 saturated carbocycles. The maximum Gasteiger partial charge on any atom is 0.228 e. The van der Waals surface area contributed by atoms with Gasteiger partial charge in [0.1, 0.15) is 5.82 Å². The van der Waals surface area contributed by atoms with Crippen molar-refractivity contribution in [2.45, 2.75) is 43.7 Å². The number of nitrogens with one attached hydrogen (secondary N) is 4. The maximum absolute atomic E-state index is 12.6. The first kappa shape index (κ1) is 24.6. The van der Waals surface area contributed by atoms with Crippen LogP contribution in [0.4, 0.5) is 5.69 Å². The van der Waals surface area contributed by atoms with Gasteiger partial charge in [-0.25, -0.2) is 15.4 Å². The molecule has 0 radical (unpaired) electrons. The van der Waals surface area contributed by atoms with E-state index in [0.717, 1.165) is 58.5 Å². The fourth-order valence-electron chi connectivity index (χ4n) is 6.21. The van der Waals surface area contributed by atoms with Gasteiger partial charge in [0.05, 0.1) is 29.9 Å². The predicted octanol–water partition coefficient (Wildman–Crippen LogP) is 4.70. The highest BCUT2D eigenvalue weighted by molar-refractivity contribution is 5.92. The van der Waals surface area contributed by atoms with Crippen LogP contribution in [0.1, 0.15) is 48.2 Å². The monoisotopic (exact) mass is 530 g/mol. The predicted molar refractivity (Wildman–Crippen MR) is 153 cm³/mol. The Morgan fingerprint density at radius 1 is 0.950 bits per heavy atom. The molecular weight excluding hydrogens is 500 g/mol. The van der Waals surface area contributed by atoms with Gasteiger partial charge in [-0.15, -0.1) is 0 Å². The van der Waals surface area contributed by atoms with Crippen LogP contribution in [0.2, 0.25) is 0 Å². The summed E-state index contributed by atoms with van der Waals surface area (Å²) in [5, 5.41) is 3.03. The first-order valence-electron chi connectivity index (χ1n) is 13.8. The Morgan fingerprint density at radius 3 is 2.70 bits per heavy atom. The third-order valence-corrected chi connectivity index (χ3v) is 8.17. The number of aromatic nitrogens is 5. The lowest BCUT2D eigenvalue weighted by molar-refractivity contribution is -0.115. The first-order valence-corrected chi connectivity index (χ1v) is 13.8. The number of nitrogens with zero attached hydrogens (tertiary/aromatic N) is 4. The Hall–Kier alpha value is -4.47. The summed E-state index contributed by atoms with van der Waals surface area (Å²) >= 11 is 0. The number of hydrazine groups is 1. The van der Waals surface area contributed by atoms with Crippen molar-refractivity contribution in [1.29, 1.82) is 0 Å². The molecule has 1 aliphatic carbocycles. The molecule has 40 heavy (non-hydrogen) atoms. The van der Waals surface area contributed by atoms with Crippen molar-refractivity contribution in [1.82, 2.24) is 35.8 Å². The smallest absolute Gasteiger partial charge is 0.228 e. The number of amides is 1. The molecule has 0 bridgehead atoms. The number of aromatic amines is 1. The van der Waals surface area contributed by atoms with E-state index in [4.69, 9.17) is 4.98 Å². The van der Waals surface area contributed by atoms with Gasteiger partial charge in [0.2, 0.25) is 5.91 Å². The standard InChI is InChI=1S/C31H30N8O/c40-27(14-19-4-2-1-3-5-19)35-23-15-22(17-33-18-23)21-6-7-26-25(16-21)29(39-38-26)31-36-28-24(10-13-34-30(28)37-31)20-8-11-32-12-9-20/h1-5,8-13,15,17-18,21,25-26,29,38-39H,6-7,14,16H2,(H,35,40)(H,34,36,37). The molecule has 1 aromatic carbocycles. The molecule has 1 aliphatic heterocycles. The normalized spacial score (nSPS) is 22.2. The Morgan fingerprint density at radius 2 is 1.82 bits per heavy atom. The molecule has 5 aromatic rings. The lowest BCUT2D eigenvalue weighted by Crippen LogP contribution is -2.34. The van der Waals surface area contributed by atoms with E-state index in [0.29, 0.717) is 29.9 Å². The first-order chi connectivity index (χ1) is 19.7. The number of anilines is 1. The van der Waals surface area contributed by atoms with Gasteiger partial charge in [0.25, 0.3) is 0 Å². The van der Waals surface area contributed by atoms with Gasteiger partial charge in [0, 0.05) is 36.4 Å². The molecule has 4 unspecified atom stereocenters. The van der Waals surface area contributed by atoms with Crippen LogP contribution in [0.3, 0.4) is 0 Å². The second-order valence-electron chi connectivity index (χ2n) is 10.7. The molecule has 4 aromatic heterocycles. The van der Waals surface area contributed by atoms with Crippen LogP contribution in [0.25, 0.3) is 22.3 Å². The Kier molecular flexibility index (Phi) is 6.51. The van der Waals surface area contributed by atoms with Crippen LogP contribution < -0.4 is 16.2 Å². The van der Waals surface area contributed by atoms with Crippen LogP contribution in [0.15, 0.2) is 85.6 Å². The topological polar surface area (TPSA) is 121 Å². The SMILES string of the molecule is O=C(Cc1ccccc1)Nc1cncc(C2CCC3NNC(c4nc5nccc(-c6ccncc6)c5[nH]4)C3C2)c1. The molecule has 7 rings (SSSR count). The number of hydrogen-bond donors (Lipinski definition) is 4. The number of pyridine rings is 3. The number of rotatable bonds is 6. The van der Waals surface area contributed by atoms with E-state index in [2.05, 4.69) is 42.2 Å². The zero-order valence-electron chi connectivity index (χ0n) is 21.9. The lowest BCUT2D eigenvalue weighted by Gasteiger charge is -2.33. The molecule has 1 amide bonds. The minimum absolute atomic E-state index is 0.0361. The highest BCUT2D eigenvalue weighted by atomic mass is 16.1. The lowest BCUT2D eigenvalue weighted by atomic mass is 9.73. The van der Waals surface area contributed by atoms with Crippen LogP contribution in [-0.4, -0.2) is 36.9 Å². The summed E-state index contributed by atoms with van der Waals surface area (Å²) in [6.45, 7) is 0. The van der Waals surface area contributed by atoms with Gasteiger partial charge in [-0.05, 0) is 72.1 Å². The highest BCUT2D eigenvalue weighted by Gasteiger charge is 2.42. The molecule has 2 fully saturated rings. The Labute approximate surface area is 231 Å². The van der Waals surface area contributed by atoms with Crippen LogP contribution in [0, 0.1) is 5.92 Å². The fourth-order valence-corrected chi connectivity index (χ4v) is 6.21. The fraction of sp³-hybridized carbons (Fsp3) is 0.258. The van der Waals surface area contributed by atoms with E-state index in [1.54, 1.807) is 24.8 Å². The zero-order valence-corrected chi connectivity index (χ0v) is 21.9. The highest BCUT2D eigenvalue weighted by Crippen LogP contribution is 2.44. The minimum atomic E-state index is -0.0391. The van der Waals surface area contributed by atoms with Crippen molar-refractivity contribution in [3.05, 3.63) is 103 Å². The maximum atomic E-state index is 12.6. The molecular formula is C31H30N8O. The van der Waals surface area contributed by atoms with Crippen molar-refractivity contribution in [3.8, 4) is 11.1 Å². The molecule has 9 nitrogen and oxygen atoms in total. The molecule has 9 heteroatoms. The van der Waals surface area contributed by atoms with Gasteiger partial charge in [-0.1, -0.05) is 30.3 Å². The minimum Gasteiger partial charge on any atom is -0.339 e. The molecule has 1 saturated heterocycles. The number of carbonyl (C=O) groups excluding carboxylic acids is 1. The molecule has 5 heterocycles. The zero-order chi connectivity index (χ0) is 26.9. The number of imidazole rings is 1. The number of hydrogen-bond acceptors (Lipinski definition) is 7. The van der Waals surface area contributed by atoms with E-state index in [-0.39, 0.29) is 11.9 Å². The molecule has 0 spiro atoms. The van der Waals surface area contributed by atoms with Crippen LogP contribution in [0.5, 0.6) is 0 Å². The van der Waals surface area contributed by atoms with Gasteiger partial charge in [-0.3, -0.25) is 20.2 Å². The number of H-pyrrole nitrogens is 1. The molecule has 2 aliphatic rings. The van der Waals surface area contributed by atoms with Crippen molar-refractivity contribution >= 4 is 22.8 Å². The van der Waals surface area contributed by atoms with Crippen molar-refractivity contribution in [3.63, 3.8) is 0 Å². The molecule has 4 N–H and O–H groups in total. The average Bonchev–Trinajstić information content (AvgIpc) is 3.62.